The molecule has 0 spiro atoms. The standard InChI is InChI=1S/C51H58O12/c1-37(2)47(52)59-34-13-9-5-7-11-32-57-43-25-17-41(18-26-43)50(55)62-45-23-15-39(16-24-45)31-36-61-49(54)40-21-29-46(30-22-40)63-51(56)42-19-27-44(28-20-42)58-33-12-8-6-10-14-35-60-48(53)38(3)4/h15-30H,1,3,5-14,31-36H2,2,4H3. The van der Waals surface area contributed by atoms with E-state index >= 15 is 0 Å². The van der Waals surface area contributed by atoms with Crippen molar-refractivity contribution in [2.45, 2.75) is 84.5 Å². The van der Waals surface area contributed by atoms with Crippen LogP contribution in [0.15, 0.2) is 121 Å². The maximum atomic E-state index is 12.7. The Kier molecular flexibility index (Phi) is 21.2. The summed E-state index contributed by atoms with van der Waals surface area (Å²) in [5, 5.41) is 0. The number of carbonyl (C=O) groups excluding carboxylic acids is 5. The van der Waals surface area contributed by atoms with Crippen LogP contribution in [0.2, 0.25) is 0 Å². The summed E-state index contributed by atoms with van der Waals surface area (Å²) in [6, 6.07) is 26.6. The van der Waals surface area contributed by atoms with Crippen molar-refractivity contribution < 1.29 is 57.1 Å². The molecule has 0 aliphatic carbocycles. The number of hydrogen-bond acceptors (Lipinski definition) is 12. The minimum atomic E-state index is -0.542. The summed E-state index contributed by atoms with van der Waals surface area (Å²) in [6.07, 6.45) is 9.83. The van der Waals surface area contributed by atoms with Crippen molar-refractivity contribution in [1.29, 1.82) is 0 Å². The Morgan fingerprint density at radius 3 is 1.11 bits per heavy atom. The summed E-state index contributed by atoms with van der Waals surface area (Å²) in [7, 11) is 0. The molecule has 0 saturated carbocycles. The normalized spacial score (nSPS) is 10.6. The van der Waals surface area contributed by atoms with Gasteiger partial charge >= 0.3 is 29.8 Å². The van der Waals surface area contributed by atoms with Crippen LogP contribution in [-0.4, -0.2) is 62.9 Å². The van der Waals surface area contributed by atoms with Gasteiger partial charge in [-0.3, -0.25) is 0 Å². The Morgan fingerprint density at radius 1 is 0.381 bits per heavy atom. The van der Waals surface area contributed by atoms with Crippen LogP contribution >= 0.6 is 0 Å². The lowest BCUT2D eigenvalue weighted by molar-refractivity contribution is -0.139. The van der Waals surface area contributed by atoms with Crippen molar-refractivity contribution in [3.05, 3.63) is 144 Å². The van der Waals surface area contributed by atoms with Crippen LogP contribution in [0.4, 0.5) is 0 Å². The SMILES string of the molecule is C=C(C)C(=O)OCCCCCCCOc1ccc(C(=O)Oc2ccc(CCOC(=O)c3ccc(OC(=O)c4ccc(OCCCCCCCOC(=O)C(=C)C)cc4)cc3)cc2)cc1. The molecule has 0 bridgehead atoms. The number of rotatable bonds is 28. The molecule has 334 valence electrons. The first kappa shape index (κ1) is 49.0. The third kappa shape index (κ3) is 18.9. The van der Waals surface area contributed by atoms with Crippen molar-refractivity contribution in [3.63, 3.8) is 0 Å². The minimum absolute atomic E-state index is 0.133. The average molecular weight is 863 g/mol. The van der Waals surface area contributed by atoms with E-state index in [1.165, 1.54) is 24.3 Å². The quantitative estimate of drug-likeness (QED) is 0.0176. The number of benzene rings is 4. The Labute approximate surface area is 370 Å². The summed E-state index contributed by atoms with van der Waals surface area (Å²) in [5.74, 6) is -0.264. The van der Waals surface area contributed by atoms with E-state index in [0.717, 1.165) is 69.8 Å². The molecule has 0 amide bonds. The maximum Gasteiger partial charge on any atom is 0.343 e. The second kappa shape index (κ2) is 27.3. The average Bonchev–Trinajstić information content (AvgIpc) is 3.28. The van der Waals surface area contributed by atoms with E-state index in [4.69, 9.17) is 33.2 Å². The molecule has 12 heteroatoms. The van der Waals surface area contributed by atoms with E-state index in [1.807, 2.05) is 0 Å². The zero-order chi connectivity index (χ0) is 45.2. The van der Waals surface area contributed by atoms with Crippen LogP contribution in [0.1, 0.15) is 115 Å². The lowest BCUT2D eigenvalue weighted by Crippen LogP contribution is -2.10. The lowest BCUT2D eigenvalue weighted by atomic mass is 10.1. The third-order valence-corrected chi connectivity index (χ3v) is 9.52. The summed E-state index contributed by atoms with van der Waals surface area (Å²) in [6.45, 7) is 12.4. The van der Waals surface area contributed by atoms with Gasteiger partial charge in [0.15, 0.2) is 0 Å². The number of hydrogen-bond donors (Lipinski definition) is 0. The molecule has 4 aromatic rings. The zero-order valence-corrected chi connectivity index (χ0v) is 36.4. The highest BCUT2D eigenvalue weighted by molar-refractivity contribution is 5.92. The number of carbonyl (C=O) groups is 5. The fraction of sp³-hybridized carbons (Fsp3) is 0.353. The van der Waals surface area contributed by atoms with Gasteiger partial charge in [-0.2, -0.15) is 0 Å². The van der Waals surface area contributed by atoms with Gasteiger partial charge in [0, 0.05) is 17.6 Å². The van der Waals surface area contributed by atoms with E-state index < -0.39 is 17.9 Å². The van der Waals surface area contributed by atoms with Gasteiger partial charge in [0.25, 0.3) is 0 Å². The van der Waals surface area contributed by atoms with Gasteiger partial charge in [-0.1, -0.05) is 63.8 Å². The van der Waals surface area contributed by atoms with E-state index in [1.54, 1.807) is 86.6 Å². The van der Waals surface area contributed by atoms with E-state index in [9.17, 15) is 24.0 Å². The van der Waals surface area contributed by atoms with Crippen LogP contribution < -0.4 is 18.9 Å². The summed E-state index contributed by atoms with van der Waals surface area (Å²) >= 11 is 0. The minimum Gasteiger partial charge on any atom is -0.494 e. The molecule has 0 aromatic heterocycles. The third-order valence-electron chi connectivity index (χ3n) is 9.52. The highest BCUT2D eigenvalue weighted by atomic mass is 16.5. The second-order valence-corrected chi connectivity index (χ2v) is 14.9. The van der Waals surface area contributed by atoms with E-state index in [-0.39, 0.29) is 24.3 Å². The maximum absolute atomic E-state index is 12.7. The van der Waals surface area contributed by atoms with Crippen LogP contribution in [0, 0.1) is 0 Å². The molecule has 4 aromatic carbocycles. The van der Waals surface area contributed by atoms with Crippen LogP contribution in [0.5, 0.6) is 23.0 Å². The smallest absolute Gasteiger partial charge is 0.343 e. The summed E-state index contributed by atoms with van der Waals surface area (Å²) in [5.41, 5.74) is 2.76. The fourth-order valence-electron chi connectivity index (χ4n) is 5.86. The predicted octanol–water partition coefficient (Wildman–Crippen LogP) is 10.4. The summed E-state index contributed by atoms with van der Waals surface area (Å²) in [4.78, 5) is 60.9. The first-order valence-corrected chi connectivity index (χ1v) is 21.4. The van der Waals surface area contributed by atoms with Crippen molar-refractivity contribution in [3.8, 4) is 23.0 Å². The molecule has 0 heterocycles. The van der Waals surface area contributed by atoms with Gasteiger partial charge in [0.2, 0.25) is 0 Å². The number of esters is 5. The molecule has 12 nitrogen and oxygen atoms in total. The molecule has 0 aliphatic heterocycles. The molecule has 63 heavy (non-hydrogen) atoms. The van der Waals surface area contributed by atoms with Gasteiger partial charge in [0.05, 0.1) is 49.7 Å². The first-order chi connectivity index (χ1) is 30.5. The molecule has 4 rings (SSSR count). The van der Waals surface area contributed by atoms with Crippen LogP contribution in [0.25, 0.3) is 0 Å². The molecule has 0 radical (unpaired) electrons. The van der Waals surface area contributed by atoms with Crippen molar-refractivity contribution >= 4 is 29.8 Å². The second-order valence-electron chi connectivity index (χ2n) is 14.9. The topological polar surface area (TPSA) is 150 Å². The molecular formula is C51H58O12. The van der Waals surface area contributed by atoms with Gasteiger partial charge in [-0.25, -0.2) is 24.0 Å². The van der Waals surface area contributed by atoms with Crippen LogP contribution in [-0.2, 0) is 30.2 Å². The molecule has 0 unspecified atom stereocenters. The Balaban J connectivity index is 1.06. The van der Waals surface area contributed by atoms with Gasteiger partial charge in [-0.15, -0.1) is 0 Å². The van der Waals surface area contributed by atoms with Crippen LogP contribution in [0.3, 0.4) is 0 Å². The Morgan fingerprint density at radius 2 is 0.714 bits per heavy atom. The largest absolute Gasteiger partial charge is 0.494 e. The monoisotopic (exact) mass is 862 g/mol. The molecule has 0 aliphatic rings. The van der Waals surface area contributed by atoms with Crippen molar-refractivity contribution in [1.82, 2.24) is 0 Å². The van der Waals surface area contributed by atoms with Crippen molar-refractivity contribution in [2.24, 2.45) is 0 Å². The van der Waals surface area contributed by atoms with E-state index in [0.29, 0.717) is 77.9 Å². The van der Waals surface area contributed by atoms with Gasteiger partial charge in [-0.05, 0) is 130 Å². The van der Waals surface area contributed by atoms with Crippen molar-refractivity contribution in [2.75, 3.05) is 33.0 Å². The molecular weight excluding hydrogens is 805 g/mol. The Hall–Kier alpha value is -6.69. The number of ether oxygens (including phenoxy) is 7. The zero-order valence-electron chi connectivity index (χ0n) is 36.4. The highest BCUT2D eigenvalue weighted by Gasteiger charge is 2.13. The van der Waals surface area contributed by atoms with Gasteiger partial charge in [0.1, 0.15) is 23.0 Å². The Bertz CT molecular complexity index is 2090. The highest BCUT2D eigenvalue weighted by Crippen LogP contribution is 2.20. The van der Waals surface area contributed by atoms with E-state index in [2.05, 4.69) is 13.2 Å². The number of unbranched alkanes of at least 4 members (excludes halogenated alkanes) is 8. The predicted molar refractivity (Wildman–Crippen MR) is 238 cm³/mol. The summed E-state index contributed by atoms with van der Waals surface area (Å²) < 4.78 is 38.2. The van der Waals surface area contributed by atoms with Gasteiger partial charge < -0.3 is 33.2 Å². The molecule has 0 fully saturated rings. The molecule has 0 saturated heterocycles. The molecule has 0 N–H and O–H groups in total. The lowest BCUT2D eigenvalue weighted by Gasteiger charge is -2.09. The molecule has 0 atom stereocenters. The fourth-order valence-corrected chi connectivity index (χ4v) is 5.86. The first-order valence-electron chi connectivity index (χ1n) is 21.4.